The molecule has 2 aliphatic rings. The average molecular weight is 467 g/mol. The first-order chi connectivity index (χ1) is 16.1. The quantitative estimate of drug-likeness (QED) is 0.528. The molecule has 168 valence electrons. The van der Waals surface area contributed by atoms with Crippen LogP contribution in [-0.2, 0) is 14.3 Å². The summed E-state index contributed by atoms with van der Waals surface area (Å²) in [5, 5.41) is 6.40. The van der Waals surface area contributed by atoms with Gasteiger partial charge in [0.05, 0.1) is 12.0 Å². The first-order valence-corrected chi connectivity index (χ1v) is 10.7. The summed E-state index contributed by atoms with van der Waals surface area (Å²) in [6.07, 6.45) is 1.03. The lowest BCUT2D eigenvalue weighted by molar-refractivity contribution is -0.160. The van der Waals surface area contributed by atoms with Crippen LogP contribution in [0.4, 0.5) is 0 Å². The van der Waals surface area contributed by atoms with E-state index in [0.717, 1.165) is 5.56 Å². The number of benzene rings is 2. The van der Waals surface area contributed by atoms with E-state index in [2.05, 4.69) is 5.10 Å². The Hall–Kier alpha value is -3.78. The van der Waals surface area contributed by atoms with Crippen LogP contribution in [0.15, 0.2) is 76.4 Å². The number of furan rings is 1. The second-order valence-electron chi connectivity index (χ2n) is 7.50. The van der Waals surface area contributed by atoms with Gasteiger partial charge >= 0.3 is 5.97 Å². The van der Waals surface area contributed by atoms with E-state index >= 15 is 0 Å². The number of carbonyl (C=O) groups excluding carboxylic acids is 2. The van der Waals surface area contributed by atoms with Crippen LogP contribution in [0.1, 0.15) is 23.8 Å². The molecule has 0 bridgehead atoms. The molecule has 2 aliphatic heterocycles. The zero-order valence-corrected chi connectivity index (χ0v) is 18.1. The monoisotopic (exact) mass is 466 g/mol. The number of hydrogen-bond acceptors (Lipinski definition) is 7. The van der Waals surface area contributed by atoms with Gasteiger partial charge in [0.25, 0.3) is 5.91 Å². The molecular formula is C24H19ClN2O6. The van der Waals surface area contributed by atoms with Gasteiger partial charge in [0.1, 0.15) is 18.4 Å². The predicted molar refractivity (Wildman–Crippen MR) is 118 cm³/mol. The zero-order valence-electron chi connectivity index (χ0n) is 17.3. The van der Waals surface area contributed by atoms with E-state index in [0.29, 0.717) is 34.4 Å². The van der Waals surface area contributed by atoms with Gasteiger partial charge in [-0.25, -0.2) is 9.80 Å². The lowest BCUT2D eigenvalue weighted by Gasteiger charge is -2.25. The number of fused-ring (bicyclic) bond motifs is 1. The highest BCUT2D eigenvalue weighted by molar-refractivity contribution is 6.30. The maximum Gasteiger partial charge on any atom is 0.351 e. The Kier molecular flexibility index (Phi) is 5.75. The minimum Gasteiger partial charge on any atom is -0.485 e. The maximum atomic E-state index is 13.0. The first kappa shape index (κ1) is 21.1. The molecule has 0 radical (unpaired) electrons. The van der Waals surface area contributed by atoms with Crippen molar-refractivity contribution in [2.75, 3.05) is 13.2 Å². The number of hydrazone groups is 1. The van der Waals surface area contributed by atoms with Crippen molar-refractivity contribution in [2.45, 2.75) is 18.6 Å². The first-order valence-electron chi connectivity index (χ1n) is 10.3. The van der Waals surface area contributed by atoms with Gasteiger partial charge in [0.15, 0.2) is 18.1 Å². The molecule has 2 atom stereocenters. The molecular weight excluding hydrogens is 448 g/mol. The van der Waals surface area contributed by atoms with Crippen molar-refractivity contribution in [2.24, 2.45) is 5.10 Å². The zero-order chi connectivity index (χ0) is 22.8. The highest BCUT2D eigenvalue weighted by Gasteiger charge is 2.36. The van der Waals surface area contributed by atoms with Crippen LogP contribution in [0.2, 0.25) is 5.02 Å². The summed E-state index contributed by atoms with van der Waals surface area (Å²) >= 11 is 5.98. The number of para-hydroxylation sites is 2. The number of halogens is 1. The van der Waals surface area contributed by atoms with Gasteiger partial charge in [0, 0.05) is 11.4 Å². The molecule has 9 heteroatoms. The highest BCUT2D eigenvalue weighted by Crippen LogP contribution is 2.34. The van der Waals surface area contributed by atoms with Gasteiger partial charge in [-0.2, -0.15) is 5.10 Å². The van der Waals surface area contributed by atoms with Crippen molar-refractivity contribution in [3.63, 3.8) is 0 Å². The fourth-order valence-electron chi connectivity index (χ4n) is 3.69. The van der Waals surface area contributed by atoms with Crippen LogP contribution in [-0.4, -0.2) is 41.9 Å². The van der Waals surface area contributed by atoms with E-state index in [1.165, 1.54) is 11.3 Å². The largest absolute Gasteiger partial charge is 0.485 e. The summed E-state index contributed by atoms with van der Waals surface area (Å²) in [5.74, 6) is 0.425. The lowest BCUT2D eigenvalue weighted by Crippen LogP contribution is -2.40. The predicted octanol–water partition coefficient (Wildman–Crippen LogP) is 3.99. The van der Waals surface area contributed by atoms with Gasteiger partial charge < -0.3 is 18.6 Å². The van der Waals surface area contributed by atoms with Crippen LogP contribution in [0.25, 0.3) is 0 Å². The Morgan fingerprint density at radius 1 is 1.06 bits per heavy atom. The minimum absolute atomic E-state index is 0.00163. The summed E-state index contributed by atoms with van der Waals surface area (Å²) in [4.78, 5) is 25.5. The van der Waals surface area contributed by atoms with Crippen LogP contribution in [0.5, 0.6) is 11.5 Å². The molecule has 5 rings (SSSR count). The third-order valence-corrected chi connectivity index (χ3v) is 5.58. The number of hydrogen-bond donors (Lipinski definition) is 0. The van der Waals surface area contributed by atoms with E-state index in [-0.39, 0.29) is 6.61 Å². The van der Waals surface area contributed by atoms with Crippen LogP contribution < -0.4 is 9.47 Å². The molecule has 0 unspecified atom stereocenters. The maximum absolute atomic E-state index is 13.0. The van der Waals surface area contributed by atoms with Gasteiger partial charge in [-0.3, -0.25) is 4.79 Å². The topological polar surface area (TPSA) is 90.6 Å². The number of nitrogens with zero attached hydrogens (tertiary/aromatic N) is 2. The lowest BCUT2D eigenvalue weighted by atomic mass is 10.0. The van der Waals surface area contributed by atoms with Crippen LogP contribution in [0, 0.1) is 0 Å². The molecule has 1 amide bonds. The molecule has 0 N–H and O–H groups in total. The fraction of sp³-hybridized carbons (Fsp3) is 0.208. The molecule has 1 aromatic heterocycles. The number of rotatable bonds is 5. The van der Waals surface area contributed by atoms with Crippen molar-refractivity contribution in [1.29, 1.82) is 0 Å². The Bertz CT molecular complexity index is 1190. The third kappa shape index (κ3) is 4.42. The summed E-state index contributed by atoms with van der Waals surface area (Å²) < 4.78 is 21.9. The Morgan fingerprint density at radius 2 is 1.85 bits per heavy atom. The molecule has 0 aliphatic carbocycles. The van der Waals surface area contributed by atoms with Crippen molar-refractivity contribution >= 4 is 29.2 Å². The second-order valence-corrected chi connectivity index (χ2v) is 7.94. The normalized spacial score (nSPS) is 19.2. The van der Waals surface area contributed by atoms with Crippen molar-refractivity contribution < 1.29 is 28.2 Å². The Balaban J connectivity index is 1.27. The third-order valence-electron chi connectivity index (χ3n) is 5.32. The van der Waals surface area contributed by atoms with E-state index in [4.69, 9.17) is 30.2 Å². The van der Waals surface area contributed by atoms with E-state index < -0.39 is 30.6 Å². The Labute approximate surface area is 194 Å². The van der Waals surface area contributed by atoms with Crippen molar-refractivity contribution in [1.82, 2.24) is 5.01 Å². The number of esters is 1. The van der Waals surface area contributed by atoms with Gasteiger partial charge in [-0.15, -0.1) is 0 Å². The summed E-state index contributed by atoms with van der Waals surface area (Å²) in [6.45, 7) is -0.489. The Morgan fingerprint density at radius 3 is 2.61 bits per heavy atom. The molecule has 8 nitrogen and oxygen atoms in total. The molecule has 0 saturated heterocycles. The van der Waals surface area contributed by atoms with Crippen molar-refractivity contribution in [3.8, 4) is 11.5 Å². The number of amides is 1. The van der Waals surface area contributed by atoms with Gasteiger partial charge in [-0.05, 0) is 42.0 Å². The van der Waals surface area contributed by atoms with Gasteiger partial charge in [0.2, 0.25) is 6.10 Å². The SMILES string of the molecule is O=C(OCC(=O)N1N=C(c2ccc(Cl)cc2)C[C@@H]1c1ccco1)[C@@H]1COc2ccccc2O1. The number of carbonyl (C=O) groups is 2. The molecule has 0 saturated carbocycles. The molecule has 3 heterocycles. The average Bonchev–Trinajstić information content (AvgIpc) is 3.53. The molecule has 33 heavy (non-hydrogen) atoms. The standard InChI is InChI=1S/C24H19ClN2O6/c25-16-9-7-15(8-10-16)17-12-18(19-6-3-11-30-19)27(26-17)23(28)14-32-24(29)22-13-31-20-4-1-2-5-21(20)33-22/h1-11,18,22H,12-14H2/t18-,22+/m1/s1. The van der Waals surface area contributed by atoms with E-state index in [9.17, 15) is 9.59 Å². The molecule has 0 fully saturated rings. The molecule has 0 spiro atoms. The fourth-order valence-corrected chi connectivity index (χ4v) is 3.81. The summed E-state index contributed by atoms with van der Waals surface area (Å²) in [7, 11) is 0. The van der Waals surface area contributed by atoms with Gasteiger partial charge in [-0.1, -0.05) is 35.9 Å². The minimum atomic E-state index is -0.958. The number of ether oxygens (including phenoxy) is 3. The molecule has 2 aromatic carbocycles. The van der Waals surface area contributed by atoms with Crippen LogP contribution >= 0.6 is 11.6 Å². The van der Waals surface area contributed by atoms with Crippen LogP contribution in [0.3, 0.4) is 0 Å². The van der Waals surface area contributed by atoms with E-state index in [1.54, 1.807) is 42.5 Å². The van der Waals surface area contributed by atoms with E-state index in [1.807, 2.05) is 18.2 Å². The molecule has 3 aromatic rings. The summed E-state index contributed by atoms with van der Waals surface area (Å²) in [6, 6.07) is 17.3. The summed E-state index contributed by atoms with van der Waals surface area (Å²) in [5.41, 5.74) is 1.54. The van der Waals surface area contributed by atoms with Crippen molar-refractivity contribution in [3.05, 3.63) is 83.3 Å². The smallest absolute Gasteiger partial charge is 0.351 e. The second kappa shape index (κ2) is 8.99. The highest BCUT2D eigenvalue weighted by atomic mass is 35.5.